The Morgan fingerprint density at radius 3 is 2.31 bits per heavy atom. The summed E-state index contributed by atoms with van der Waals surface area (Å²) in [7, 11) is 0. The highest BCUT2D eigenvalue weighted by molar-refractivity contribution is 7.80. The number of nitrogens with zero attached hydrogens (tertiary/aromatic N) is 3. The molecule has 1 aliphatic heterocycles. The zero-order valence-electron chi connectivity index (χ0n) is 15.8. The molecular formula is C21H18Cl2N4OS. The van der Waals surface area contributed by atoms with Gasteiger partial charge in [0.1, 0.15) is 0 Å². The molecule has 1 aliphatic rings. The van der Waals surface area contributed by atoms with Gasteiger partial charge in [0.2, 0.25) is 5.82 Å². The summed E-state index contributed by atoms with van der Waals surface area (Å²) >= 11 is 17.6. The predicted molar refractivity (Wildman–Crippen MR) is 120 cm³/mol. The Balaban J connectivity index is 1.80. The third-order valence-corrected chi connectivity index (χ3v) is 5.72. The molecule has 148 valence electrons. The van der Waals surface area contributed by atoms with E-state index >= 15 is 0 Å². The van der Waals surface area contributed by atoms with Gasteiger partial charge in [-0.3, -0.25) is 0 Å². The third kappa shape index (κ3) is 3.88. The summed E-state index contributed by atoms with van der Waals surface area (Å²) in [5, 5.41) is 9.56. The minimum absolute atomic E-state index is 0.221. The van der Waals surface area contributed by atoms with Crippen LogP contribution in [0.4, 0.5) is 0 Å². The maximum absolute atomic E-state index is 6.07. The normalized spacial score (nSPS) is 16.9. The summed E-state index contributed by atoms with van der Waals surface area (Å²) in [6, 6.07) is 14.7. The van der Waals surface area contributed by atoms with Gasteiger partial charge in [-0.25, -0.2) is 0 Å². The van der Waals surface area contributed by atoms with Gasteiger partial charge in [0.25, 0.3) is 5.89 Å². The summed E-state index contributed by atoms with van der Waals surface area (Å²) in [5.74, 6) is 0.948. The molecular weight excluding hydrogens is 427 g/mol. The molecule has 0 spiro atoms. The summed E-state index contributed by atoms with van der Waals surface area (Å²) < 4.78 is 5.67. The molecule has 5 nitrogen and oxygen atoms in total. The minimum atomic E-state index is -0.221. The van der Waals surface area contributed by atoms with E-state index in [1.54, 1.807) is 12.1 Å². The van der Waals surface area contributed by atoms with Crippen molar-refractivity contribution in [2.45, 2.75) is 19.9 Å². The Morgan fingerprint density at radius 1 is 1.07 bits per heavy atom. The van der Waals surface area contributed by atoms with Crippen LogP contribution in [0.5, 0.6) is 0 Å². The van der Waals surface area contributed by atoms with Gasteiger partial charge in [-0.1, -0.05) is 40.5 Å². The van der Waals surface area contributed by atoms with E-state index in [1.165, 1.54) is 0 Å². The first kappa shape index (κ1) is 19.9. The lowest BCUT2D eigenvalue weighted by molar-refractivity contribution is 0.398. The largest absolute Gasteiger partial charge is 0.351 e. The van der Waals surface area contributed by atoms with Gasteiger partial charge in [-0.05, 0) is 68.0 Å². The Morgan fingerprint density at radius 2 is 1.69 bits per heavy atom. The molecule has 1 aromatic heterocycles. The molecule has 2 heterocycles. The van der Waals surface area contributed by atoms with Gasteiger partial charge in [0.05, 0.1) is 11.6 Å². The molecule has 1 N–H and O–H groups in total. The molecule has 0 saturated carbocycles. The number of aromatic nitrogens is 2. The maximum atomic E-state index is 6.07. The first-order valence-corrected chi connectivity index (χ1v) is 10.3. The molecule has 0 amide bonds. The average molecular weight is 445 g/mol. The smallest absolute Gasteiger partial charge is 0.258 e. The molecule has 4 rings (SSSR count). The van der Waals surface area contributed by atoms with E-state index in [2.05, 4.69) is 15.5 Å². The molecule has 1 unspecified atom stereocenters. The summed E-state index contributed by atoms with van der Waals surface area (Å²) in [4.78, 5) is 6.67. The lowest BCUT2D eigenvalue weighted by atomic mass is 9.95. The van der Waals surface area contributed by atoms with Crippen molar-refractivity contribution in [3.8, 4) is 11.4 Å². The van der Waals surface area contributed by atoms with Crippen LogP contribution >= 0.6 is 35.4 Å². The third-order valence-electron chi connectivity index (χ3n) is 4.87. The van der Waals surface area contributed by atoms with E-state index in [-0.39, 0.29) is 6.04 Å². The predicted octanol–water partition coefficient (Wildman–Crippen LogP) is 5.73. The second-order valence-corrected chi connectivity index (χ2v) is 7.87. The SMILES string of the molecule is CCN1C(=S)NC(c2ccc(Cl)cc2)C(c2nc(-c3ccc(Cl)cc3)no2)=C1C. The van der Waals surface area contributed by atoms with Crippen molar-refractivity contribution in [3.05, 3.63) is 75.7 Å². The number of hydrogen-bond donors (Lipinski definition) is 1. The topological polar surface area (TPSA) is 54.2 Å². The van der Waals surface area contributed by atoms with Gasteiger partial charge in [0, 0.05) is 27.9 Å². The molecule has 29 heavy (non-hydrogen) atoms. The van der Waals surface area contributed by atoms with Crippen molar-refractivity contribution >= 4 is 46.1 Å². The van der Waals surface area contributed by atoms with E-state index in [0.29, 0.717) is 26.9 Å². The summed E-state index contributed by atoms with van der Waals surface area (Å²) in [5.41, 5.74) is 3.70. The van der Waals surface area contributed by atoms with Crippen molar-refractivity contribution in [1.82, 2.24) is 20.4 Å². The zero-order chi connectivity index (χ0) is 20.5. The molecule has 3 aromatic rings. The lowest BCUT2D eigenvalue weighted by Crippen LogP contribution is -2.45. The maximum Gasteiger partial charge on any atom is 0.258 e. The standard InChI is InChI=1S/C21H18Cl2N4OS/c1-3-27-12(2)17(18(24-21(27)29)13-4-8-15(22)9-5-13)20-25-19(26-28-20)14-6-10-16(23)11-7-14/h4-11,18H,3H2,1-2H3,(H,24,29). The van der Waals surface area contributed by atoms with Gasteiger partial charge in [0.15, 0.2) is 5.11 Å². The average Bonchev–Trinajstić information content (AvgIpc) is 3.18. The second kappa shape index (κ2) is 8.14. The van der Waals surface area contributed by atoms with Crippen LogP contribution in [0.15, 0.2) is 58.8 Å². The molecule has 0 radical (unpaired) electrons. The number of halogens is 2. The highest BCUT2D eigenvalue weighted by Gasteiger charge is 2.33. The van der Waals surface area contributed by atoms with Crippen LogP contribution in [0.3, 0.4) is 0 Å². The minimum Gasteiger partial charge on any atom is -0.351 e. The molecule has 0 bridgehead atoms. The van der Waals surface area contributed by atoms with E-state index in [1.807, 2.05) is 55.1 Å². The van der Waals surface area contributed by atoms with Crippen LogP contribution in [-0.2, 0) is 0 Å². The Kier molecular flexibility index (Phi) is 5.58. The number of hydrogen-bond acceptors (Lipinski definition) is 4. The van der Waals surface area contributed by atoms with Crippen LogP contribution in [0.2, 0.25) is 10.0 Å². The fourth-order valence-corrected chi connectivity index (χ4v) is 4.03. The van der Waals surface area contributed by atoms with Crippen LogP contribution in [-0.4, -0.2) is 26.7 Å². The van der Waals surface area contributed by atoms with Crippen LogP contribution in [0.25, 0.3) is 17.0 Å². The number of allylic oxidation sites excluding steroid dienone is 1. The molecule has 2 aromatic carbocycles. The number of nitrogens with one attached hydrogen (secondary N) is 1. The first-order valence-electron chi connectivity index (χ1n) is 9.12. The highest BCUT2D eigenvalue weighted by atomic mass is 35.5. The van der Waals surface area contributed by atoms with Gasteiger partial charge < -0.3 is 14.7 Å². The number of rotatable bonds is 4. The van der Waals surface area contributed by atoms with Crippen molar-refractivity contribution in [2.24, 2.45) is 0 Å². The zero-order valence-corrected chi connectivity index (χ0v) is 18.1. The van der Waals surface area contributed by atoms with Crippen molar-refractivity contribution in [2.75, 3.05) is 6.54 Å². The van der Waals surface area contributed by atoms with Crippen LogP contribution in [0, 0.1) is 0 Å². The monoisotopic (exact) mass is 444 g/mol. The van der Waals surface area contributed by atoms with Gasteiger partial charge in [-0.15, -0.1) is 0 Å². The van der Waals surface area contributed by atoms with E-state index in [0.717, 1.165) is 28.9 Å². The summed E-state index contributed by atoms with van der Waals surface area (Å²) in [6.45, 7) is 4.79. The quantitative estimate of drug-likeness (QED) is 0.518. The Labute approximate surface area is 184 Å². The molecule has 0 aliphatic carbocycles. The Hall–Kier alpha value is -2.41. The molecule has 8 heteroatoms. The fourth-order valence-electron chi connectivity index (χ4n) is 3.39. The number of benzene rings is 2. The highest BCUT2D eigenvalue weighted by Crippen LogP contribution is 2.37. The second-order valence-electron chi connectivity index (χ2n) is 6.61. The first-order chi connectivity index (χ1) is 14.0. The van der Waals surface area contributed by atoms with E-state index in [4.69, 9.17) is 39.9 Å². The van der Waals surface area contributed by atoms with E-state index in [9.17, 15) is 0 Å². The lowest BCUT2D eigenvalue weighted by Gasteiger charge is -2.36. The fraction of sp³-hybridized carbons (Fsp3) is 0.190. The van der Waals surface area contributed by atoms with Gasteiger partial charge in [-0.2, -0.15) is 4.98 Å². The molecule has 0 saturated heterocycles. The van der Waals surface area contributed by atoms with E-state index < -0.39 is 0 Å². The van der Waals surface area contributed by atoms with Crippen molar-refractivity contribution in [3.63, 3.8) is 0 Å². The van der Waals surface area contributed by atoms with Crippen molar-refractivity contribution < 1.29 is 4.52 Å². The molecule has 1 atom stereocenters. The summed E-state index contributed by atoms with van der Waals surface area (Å²) in [6.07, 6.45) is 0. The van der Waals surface area contributed by atoms with Gasteiger partial charge >= 0.3 is 0 Å². The van der Waals surface area contributed by atoms with Crippen molar-refractivity contribution in [1.29, 1.82) is 0 Å². The number of thiocarbonyl (C=S) groups is 1. The van der Waals surface area contributed by atoms with Crippen LogP contribution in [0.1, 0.15) is 31.3 Å². The van der Waals surface area contributed by atoms with Crippen LogP contribution < -0.4 is 5.32 Å². The molecule has 0 fully saturated rings. The Bertz CT molecular complexity index is 1080.